The molecule has 0 radical (unpaired) electrons. The molecule has 4 N–H and O–H groups in total. The van der Waals surface area contributed by atoms with Crippen LogP contribution < -0.4 is 21.5 Å². The van der Waals surface area contributed by atoms with Crippen LogP contribution in [0.3, 0.4) is 0 Å². The molecule has 1 heterocycles. The highest BCUT2D eigenvalue weighted by atomic mass is 16.6. The van der Waals surface area contributed by atoms with Crippen LogP contribution in [0, 0.1) is 0 Å². The highest BCUT2D eigenvalue weighted by Crippen LogP contribution is 2.08. The number of aldehydes is 1. The van der Waals surface area contributed by atoms with E-state index < -0.39 is 12.1 Å². The molecule has 1 atom stereocenters. The van der Waals surface area contributed by atoms with Crippen molar-refractivity contribution in [1.82, 2.24) is 21.5 Å². The van der Waals surface area contributed by atoms with E-state index in [-0.39, 0.29) is 0 Å². The molecule has 0 aromatic heterocycles. The molecule has 1 aliphatic heterocycles. The number of rotatable bonds is 3. The van der Waals surface area contributed by atoms with E-state index in [0.29, 0.717) is 12.1 Å². The van der Waals surface area contributed by atoms with Crippen molar-refractivity contribution in [3.05, 3.63) is 0 Å². The summed E-state index contributed by atoms with van der Waals surface area (Å²) in [4.78, 5) is 14.5. The van der Waals surface area contributed by atoms with E-state index in [1.807, 2.05) is 0 Å². The van der Waals surface area contributed by atoms with Crippen LogP contribution in [0.25, 0.3) is 0 Å². The number of aliphatic imine (C=N–C) groups is 1. The minimum atomic E-state index is -0.953. The van der Waals surface area contributed by atoms with Crippen LogP contribution in [-0.4, -0.2) is 45.3 Å². The first kappa shape index (κ1) is 11.1. The van der Waals surface area contributed by atoms with Crippen LogP contribution in [0.15, 0.2) is 4.99 Å². The highest BCUT2D eigenvalue weighted by molar-refractivity contribution is 5.90. The van der Waals surface area contributed by atoms with Gasteiger partial charge in [0, 0.05) is 7.05 Å². The Bertz CT molecular complexity index is 238. The summed E-state index contributed by atoms with van der Waals surface area (Å²) in [6, 6.07) is 0. The van der Waals surface area contributed by atoms with Crippen LogP contribution in [-0.2, 0) is 9.53 Å². The van der Waals surface area contributed by atoms with E-state index in [2.05, 4.69) is 26.5 Å². The normalized spacial score (nSPS) is 28.5. The molecule has 7 nitrogen and oxygen atoms in total. The molecule has 80 valence electrons. The zero-order valence-corrected chi connectivity index (χ0v) is 8.42. The molecule has 1 rings (SSSR count). The quantitative estimate of drug-likeness (QED) is 0.305. The number of amidine groups is 1. The fourth-order valence-electron chi connectivity index (χ4n) is 1.26. The van der Waals surface area contributed by atoms with Crippen molar-refractivity contribution < 1.29 is 9.53 Å². The lowest BCUT2D eigenvalue weighted by Crippen LogP contribution is -2.74. The van der Waals surface area contributed by atoms with E-state index in [1.54, 1.807) is 21.1 Å². The second-order valence-electron chi connectivity index (χ2n) is 2.70. The van der Waals surface area contributed by atoms with Gasteiger partial charge in [0.25, 0.3) is 0 Å². The molecule has 0 aromatic carbocycles. The number of carbonyl (C=O) groups is 1. The predicted octanol–water partition coefficient (Wildman–Crippen LogP) is -2.24. The van der Waals surface area contributed by atoms with Crippen LogP contribution >= 0.6 is 0 Å². The molecule has 0 spiro atoms. The molecule has 0 saturated carbocycles. The third-order valence-corrected chi connectivity index (χ3v) is 2.02. The first-order valence-electron chi connectivity index (χ1n) is 4.22. The number of likely N-dealkylation sites (N-methyl/N-ethyl adjacent to an activating group) is 2. The number of nitrogens with one attached hydrogen (secondary N) is 4. The molecule has 7 heteroatoms. The summed E-state index contributed by atoms with van der Waals surface area (Å²) in [6.07, 6.45) is -0.0662. The highest BCUT2D eigenvalue weighted by Gasteiger charge is 2.40. The van der Waals surface area contributed by atoms with Gasteiger partial charge in [0.2, 0.25) is 5.85 Å². The van der Waals surface area contributed by atoms with Gasteiger partial charge < -0.3 is 10.2 Å². The SMILES string of the molecule is CN=C1NNC(C=O)OC1(NC)NC. The maximum atomic E-state index is 10.6. The fraction of sp³-hybridized carbons (Fsp3) is 0.714. The molecule has 1 unspecified atom stereocenters. The molecule has 0 bridgehead atoms. The fourth-order valence-corrected chi connectivity index (χ4v) is 1.26. The Balaban J connectivity index is 2.89. The lowest BCUT2D eigenvalue weighted by atomic mass is 10.3. The van der Waals surface area contributed by atoms with Crippen LogP contribution in [0.2, 0.25) is 0 Å². The number of hydrazine groups is 1. The first-order valence-corrected chi connectivity index (χ1v) is 4.22. The van der Waals surface area contributed by atoms with E-state index in [0.717, 1.165) is 0 Å². The smallest absolute Gasteiger partial charge is 0.237 e. The summed E-state index contributed by atoms with van der Waals surface area (Å²) >= 11 is 0. The van der Waals surface area contributed by atoms with Crippen LogP contribution in [0.1, 0.15) is 0 Å². The Labute approximate surface area is 82.3 Å². The summed E-state index contributed by atoms with van der Waals surface area (Å²) in [5.74, 6) is -0.424. The standard InChI is InChI=1S/C7H15N5O2/c1-8-6-7(9-2,10-3)14-5(4-13)11-12-6/h4-5,9-11H,1-3H3,(H,8,12). The van der Waals surface area contributed by atoms with Gasteiger partial charge >= 0.3 is 0 Å². The van der Waals surface area contributed by atoms with Crippen LogP contribution in [0.4, 0.5) is 0 Å². The number of hydrogen-bond acceptors (Lipinski definition) is 6. The Morgan fingerprint density at radius 3 is 2.64 bits per heavy atom. The largest absolute Gasteiger partial charge is 0.313 e. The Morgan fingerprint density at radius 1 is 1.57 bits per heavy atom. The third-order valence-electron chi connectivity index (χ3n) is 2.02. The average molecular weight is 201 g/mol. The van der Waals surface area contributed by atoms with Crippen molar-refractivity contribution in [2.75, 3.05) is 21.1 Å². The molecule has 1 saturated heterocycles. The van der Waals surface area contributed by atoms with Crippen molar-refractivity contribution in [3.63, 3.8) is 0 Å². The summed E-state index contributed by atoms with van der Waals surface area (Å²) in [7, 11) is 5.03. The molecule has 14 heavy (non-hydrogen) atoms. The van der Waals surface area contributed by atoms with Gasteiger partial charge in [-0.25, -0.2) is 5.43 Å². The molecule has 0 aromatic rings. The topological polar surface area (TPSA) is 86.8 Å². The minimum Gasteiger partial charge on any atom is -0.313 e. The molecule has 1 aliphatic rings. The minimum absolute atomic E-state index is 0.528. The second-order valence-corrected chi connectivity index (χ2v) is 2.70. The molecule has 1 fully saturated rings. The number of ether oxygens (including phenoxy) is 1. The van der Waals surface area contributed by atoms with Crippen molar-refractivity contribution in [2.24, 2.45) is 4.99 Å². The number of nitrogens with zero attached hydrogens (tertiary/aromatic N) is 1. The molecule has 0 aliphatic carbocycles. The molecular weight excluding hydrogens is 186 g/mol. The summed E-state index contributed by atoms with van der Waals surface area (Å²) in [5, 5.41) is 5.81. The summed E-state index contributed by atoms with van der Waals surface area (Å²) in [6.45, 7) is 0. The lowest BCUT2D eigenvalue weighted by Gasteiger charge is -2.40. The Kier molecular flexibility index (Phi) is 3.53. The Morgan fingerprint density at radius 2 is 2.21 bits per heavy atom. The van der Waals surface area contributed by atoms with Gasteiger partial charge in [0.15, 0.2) is 18.3 Å². The van der Waals surface area contributed by atoms with E-state index in [1.165, 1.54) is 0 Å². The number of hydrogen-bond donors (Lipinski definition) is 4. The van der Waals surface area contributed by atoms with E-state index >= 15 is 0 Å². The van der Waals surface area contributed by atoms with Gasteiger partial charge in [-0.1, -0.05) is 0 Å². The van der Waals surface area contributed by atoms with Gasteiger partial charge in [-0.2, -0.15) is 0 Å². The van der Waals surface area contributed by atoms with Crippen LogP contribution in [0.5, 0.6) is 0 Å². The van der Waals surface area contributed by atoms with Gasteiger partial charge in [-0.3, -0.25) is 20.4 Å². The average Bonchev–Trinajstić information content (AvgIpc) is 2.27. The zero-order valence-electron chi connectivity index (χ0n) is 8.42. The van der Waals surface area contributed by atoms with E-state index in [9.17, 15) is 4.79 Å². The predicted molar refractivity (Wildman–Crippen MR) is 51.4 cm³/mol. The van der Waals surface area contributed by atoms with Gasteiger partial charge in [-0.05, 0) is 14.1 Å². The zero-order chi connectivity index (χ0) is 10.6. The van der Waals surface area contributed by atoms with Crippen molar-refractivity contribution in [1.29, 1.82) is 0 Å². The summed E-state index contributed by atoms with van der Waals surface area (Å²) < 4.78 is 5.43. The molecular formula is C7H15N5O2. The maximum Gasteiger partial charge on any atom is 0.237 e. The maximum absolute atomic E-state index is 10.6. The monoisotopic (exact) mass is 201 g/mol. The first-order chi connectivity index (χ1) is 6.72. The van der Waals surface area contributed by atoms with Crippen molar-refractivity contribution in [2.45, 2.75) is 12.1 Å². The van der Waals surface area contributed by atoms with Crippen molar-refractivity contribution in [3.8, 4) is 0 Å². The number of carbonyl (C=O) groups excluding carboxylic acids is 1. The van der Waals surface area contributed by atoms with Gasteiger partial charge in [-0.15, -0.1) is 0 Å². The summed E-state index contributed by atoms with van der Waals surface area (Å²) in [5.41, 5.74) is 5.42. The lowest BCUT2D eigenvalue weighted by molar-refractivity contribution is -0.143. The molecule has 0 amide bonds. The van der Waals surface area contributed by atoms with Gasteiger partial charge in [0.05, 0.1) is 0 Å². The van der Waals surface area contributed by atoms with E-state index in [4.69, 9.17) is 4.74 Å². The second kappa shape index (κ2) is 4.47. The van der Waals surface area contributed by atoms with Gasteiger partial charge in [0.1, 0.15) is 0 Å². The third kappa shape index (κ3) is 1.75. The Hall–Kier alpha value is -1.02. The van der Waals surface area contributed by atoms with Crippen molar-refractivity contribution >= 4 is 12.1 Å².